The molecule has 0 bridgehead atoms. The summed E-state index contributed by atoms with van der Waals surface area (Å²) in [5, 5.41) is 15.3. The summed E-state index contributed by atoms with van der Waals surface area (Å²) in [6, 6.07) is 12.4. The van der Waals surface area contributed by atoms with Crippen molar-refractivity contribution in [2.45, 2.75) is 13.3 Å². The van der Waals surface area contributed by atoms with Crippen molar-refractivity contribution in [1.82, 2.24) is 15.4 Å². The first-order chi connectivity index (χ1) is 16.4. The monoisotopic (exact) mass is 481 g/mol. The van der Waals surface area contributed by atoms with Gasteiger partial charge in [0.15, 0.2) is 11.6 Å². The normalized spacial score (nSPS) is 10.4. The van der Waals surface area contributed by atoms with Crippen molar-refractivity contribution in [1.29, 1.82) is 0 Å². The summed E-state index contributed by atoms with van der Waals surface area (Å²) in [5.41, 5.74) is 5.53. The number of aliphatic hydroxyl groups is 1. The number of anilines is 4. The molecule has 0 spiro atoms. The van der Waals surface area contributed by atoms with Gasteiger partial charge in [0, 0.05) is 23.4 Å². The van der Waals surface area contributed by atoms with Crippen LogP contribution in [0.25, 0.3) is 0 Å². The van der Waals surface area contributed by atoms with Crippen LogP contribution < -0.4 is 16.1 Å². The minimum Gasteiger partial charge on any atom is -0.394 e. The third-order valence-corrected chi connectivity index (χ3v) is 4.99. The van der Waals surface area contributed by atoms with Gasteiger partial charge in [0.1, 0.15) is 5.02 Å². The molecule has 34 heavy (non-hydrogen) atoms. The second kappa shape index (κ2) is 11.9. The van der Waals surface area contributed by atoms with Gasteiger partial charge in [-0.3, -0.25) is 14.4 Å². The number of nitrogens with zero attached hydrogens (tertiary/aromatic N) is 2. The number of halogens is 1. The third-order valence-electron chi connectivity index (χ3n) is 4.71. The van der Waals surface area contributed by atoms with E-state index in [0.29, 0.717) is 27.8 Å². The number of benzene rings is 2. The van der Waals surface area contributed by atoms with Gasteiger partial charge in [0.05, 0.1) is 19.4 Å². The number of aliphatic hydroxyl groups excluding tert-OH is 1. The van der Waals surface area contributed by atoms with Gasteiger partial charge >= 0.3 is 0 Å². The summed E-state index contributed by atoms with van der Waals surface area (Å²) in [7, 11) is 0. The van der Waals surface area contributed by atoms with Crippen LogP contribution in [0.3, 0.4) is 0 Å². The summed E-state index contributed by atoms with van der Waals surface area (Å²) >= 11 is 6.31. The van der Waals surface area contributed by atoms with Crippen LogP contribution in [0.5, 0.6) is 0 Å². The van der Waals surface area contributed by atoms with Gasteiger partial charge < -0.3 is 15.7 Å². The van der Waals surface area contributed by atoms with Crippen molar-refractivity contribution in [2.75, 3.05) is 23.8 Å². The highest BCUT2D eigenvalue weighted by atomic mass is 35.5. The fourth-order valence-corrected chi connectivity index (χ4v) is 3.08. The molecule has 0 atom stereocenters. The highest BCUT2D eigenvalue weighted by molar-refractivity contribution is 6.32. The molecule has 0 radical (unpaired) electrons. The van der Waals surface area contributed by atoms with Crippen LogP contribution >= 0.6 is 11.6 Å². The summed E-state index contributed by atoms with van der Waals surface area (Å²) in [6.07, 6.45) is 2.92. The molecule has 0 aliphatic rings. The number of hydrogen-bond donors (Lipinski definition) is 4. The Balaban J connectivity index is 1.81. The molecular weight excluding hydrogens is 458 g/mol. The molecular formula is C24H24ClN5O4. The Morgan fingerprint density at radius 2 is 1.97 bits per heavy atom. The lowest BCUT2D eigenvalue weighted by atomic mass is 10.1. The fourth-order valence-electron chi connectivity index (χ4n) is 2.94. The predicted octanol–water partition coefficient (Wildman–Crippen LogP) is 3.88. The minimum atomic E-state index is -0.457. The lowest BCUT2D eigenvalue weighted by Crippen LogP contribution is -2.25. The van der Waals surface area contributed by atoms with Gasteiger partial charge in [-0.25, -0.2) is 10.5 Å². The SMILES string of the molecule is C=CC(=O)Cc1ccccc1Nc1nc(Nc2cc(C(=O)NOCCO)ccc2C)ncc1Cl. The van der Waals surface area contributed by atoms with Gasteiger partial charge in [0.2, 0.25) is 5.95 Å². The molecule has 3 aromatic rings. The number of ketones is 1. The molecule has 0 unspecified atom stereocenters. The van der Waals surface area contributed by atoms with Crippen molar-refractivity contribution in [2.24, 2.45) is 0 Å². The Kier molecular flexibility index (Phi) is 8.69. The molecule has 0 saturated carbocycles. The standard InChI is InChI=1S/C24H24ClN5O4/c1-3-18(32)12-16-6-4-5-7-20(16)27-22-19(25)14-26-24(29-22)28-21-13-17(9-8-15(21)2)23(33)30-34-11-10-31/h3-9,13-14,31H,1,10-12H2,2H3,(H,30,33)(H2,26,27,28,29). The van der Waals surface area contributed by atoms with Gasteiger partial charge in [0.25, 0.3) is 5.91 Å². The third kappa shape index (κ3) is 6.61. The van der Waals surface area contributed by atoms with E-state index in [9.17, 15) is 9.59 Å². The van der Waals surface area contributed by atoms with Crippen molar-refractivity contribution in [3.05, 3.63) is 83.0 Å². The predicted molar refractivity (Wildman–Crippen MR) is 131 cm³/mol. The summed E-state index contributed by atoms with van der Waals surface area (Å²) in [4.78, 5) is 37.6. The van der Waals surface area contributed by atoms with Crippen LogP contribution in [0.1, 0.15) is 21.5 Å². The smallest absolute Gasteiger partial charge is 0.274 e. The number of allylic oxidation sites excluding steroid dienone is 1. The molecule has 176 valence electrons. The summed E-state index contributed by atoms with van der Waals surface area (Å²) < 4.78 is 0. The zero-order valence-corrected chi connectivity index (χ0v) is 19.2. The molecule has 4 N–H and O–H groups in total. The minimum absolute atomic E-state index is 0.0119. The number of carbonyl (C=O) groups is 2. The topological polar surface area (TPSA) is 125 Å². The number of amides is 1. The number of carbonyl (C=O) groups excluding carboxylic acids is 2. The summed E-state index contributed by atoms with van der Waals surface area (Å²) in [6.45, 7) is 5.17. The first kappa shape index (κ1) is 24.8. The molecule has 3 rings (SSSR count). The second-order valence-corrected chi connectivity index (χ2v) is 7.58. The van der Waals surface area contributed by atoms with Crippen LogP contribution in [0, 0.1) is 6.92 Å². The van der Waals surface area contributed by atoms with Crippen LogP contribution in [0.15, 0.2) is 61.3 Å². The van der Waals surface area contributed by atoms with Crippen LogP contribution in [-0.2, 0) is 16.1 Å². The quantitative estimate of drug-likeness (QED) is 0.185. The molecule has 0 saturated heterocycles. The second-order valence-electron chi connectivity index (χ2n) is 7.18. The Labute approximate surface area is 201 Å². The van der Waals surface area contributed by atoms with Gasteiger partial charge in [-0.15, -0.1) is 0 Å². The molecule has 10 heteroatoms. The number of rotatable bonds is 11. The van der Waals surface area contributed by atoms with Crippen molar-refractivity contribution >= 4 is 46.4 Å². The molecule has 0 aliphatic heterocycles. The number of para-hydroxylation sites is 1. The van der Waals surface area contributed by atoms with Crippen molar-refractivity contribution in [3.63, 3.8) is 0 Å². The molecule has 0 aliphatic carbocycles. The van der Waals surface area contributed by atoms with E-state index >= 15 is 0 Å². The largest absolute Gasteiger partial charge is 0.394 e. The molecule has 1 heterocycles. The van der Waals surface area contributed by atoms with E-state index in [1.165, 1.54) is 12.3 Å². The van der Waals surface area contributed by atoms with E-state index in [-0.39, 0.29) is 31.4 Å². The lowest BCUT2D eigenvalue weighted by molar-refractivity contribution is -0.114. The number of aryl methyl sites for hydroxylation is 1. The molecule has 9 nitrogen and oxygen atoms in total. The average molecular weight is 482 g/mol. The zero-order chi connectivity index (χ0) is 24.5. The van der Waals surface area contributed by atoms with E-state index in [0.717, 1.165) is 11.1 Å². The molecule has 1 aromatic heterocycles. The number of hydroxylamine groups is 1. The van der Waals surface area contributed by atoms with E-state index in [1.807, 2.05) is 31.2 Å². The Morgan fingerprint density at radius 3 is 2.74 bits per heavy atom. The maximum atomic E-state index is 12.2. The molecule has 1 amide bonds. The highest BCUT2D eigenvalue weighted by Crippen LogP contribution is 2.28. The average Bonchev–Trinajstić information content (AvgIpc) is 2.83. The Morgan fingerprint density at radius 1 is 1.18 bits per heavy atom. The van der Waals surface area contributed by atoms with Gasteiger partial charge in [-0.1, -0.05) is 42.4 Å². The summed E-state index contributed by atoms with van der Waals surface area (Å²) in [5.74, 6) is 0.0402. The highest BCUT2D eigenvalue weighted by Gasteiger charge is 2.13. The number of hydrogen-bond acceptors (Lipinski definition) is 8. The van der Waals surface area contributed by atoms with Crippen LogP contribution in [-0.4, -0.2) is 40.0 Å². The molecule has 2 aromatic carbocycles. The Hall–Kier alpha value is -3.79. The first-order valence-corrected chi connectivity index (χ1v) is 10.7. The maximum Gasteiger partial charge on any atom is 0.274 e. The zero-order valence-electron chi connectivity index (χ0n) is 18.5. The van der Waals surface area contributed by atoms with E-state index < -0.39 is 5.91 Å². The first-order valence-electron chi connectivity index (χ1n) is 10.3. The van der Waals surface area contributed by atoms with Crippen molar-refractivity contribution < 1.29 is 19.5 Å². The van der Waals surface area contributed by atoms with Gasteiger partial charge in [-0.05, 0) is 42.3 Å². The number of aromatic nitrogens is 2. The fraction of sp³-hybridized carbons (Fsp3) is 0.167. The van der Waals surface area contributed by atoms with Gasteiger partial charge in [-0.2, -0.15) is 4.98 Å². The van der Waals surface area contributed by atoms with Crippen LogP contribution in [0.4, 0.5) is 23.1 Å². The number of nitrogens with one attached hydrogen (secondary N) is 3. The van der Waals surface area contributed by atoms with E-state index in [4.69, 9.17) is 21.5 Å². The van der Waals surface area contributed by atoms with E-state index in [2.05, 4.69) is 32.7 Å². The van der Waals surface area contributed by atoms with Crippen molar-refractivity contribution in [3.8, 4) is 0 Å². The molecule has 0 fully saturated rings. The Bertz CT molecular complexity index is 1200. The maximum absolute atomic E-state index is 12.2. The lowest BCUT2D eigenvalue weighted by Gasteiger charge is -2.14. The van der Waals surface area contributed by atoms with E-state index in [1.54, 1.807) is 18.2 Å². The van der Waals surface area contributed by atoms with Crippen LogP contribution in [0.2, 0.25) is 5.02 Å².